The largest absolute Gasteiger partial charge is 0.247 e. The van der Waals surface area contributed by atoms with Gasteiger partial charge in [-0.1, -0.05) is 182 Å². The van der Waals surface area contributed by atoms with Gasteiger partial charge in [0.15, 0.2) is 5.82 Å². The summed E-state index contributed by atoms with van der Waals surface area (Å²) in [6, 6.07) is 71.4. The van der Waals surface area contributed by atoms with Crippen molar-refractivity contribution >= 4 is 32.6 Å². The fourth-order valence-electron chi connectivity index (χ4n) is 9.02. The number of hydrogen-bond acceptors (Lipinski definition) is 3. The maximum atomic E-state index is 5.42. The smallest absolute Gasteiger partial charge is 0.160 e. The van der Waals surface area contributed by atoms with Crippen LogP contribution >= 0.6 is 0 Å². The summed E-state index contributed by atoms with van der Waals surface area (Å²) >= 11 is 0. The standard InChI is InChI=1S/C52H33N3/c1-4-17-34(18-5-1)49-41-27-12-15-30-46(41)54-51(55-49)36-20-16-19-35(33-36)50-42-31-32-44-48(47(42)40-26-11-14-29-45(40)53-50)39-25-10-13-28-43(39)52(44,37-21-6-2-7-22-37)38-23-8-3-9-24-38/h1-33H. The van der Waals surface area contributed by atoms with Crippen LogP contribution in [0.3, 0.4) is 0 Å². The van der Waals surface area contributed by atoms with Crippen LogP contribution in [0, 0.1) is 0 Å². The van der Waals surface area contributed by atoms with Gasteiger partial charge in [-0.15, -0.1) is 0 Å². The number of para-hydroxylation sites is 2. The number of hydrogen-bond donors (Lipinski definition) is 0. The van der Waals surface area contributed by atoms with E-state index in [-0.39, 0.29) is 0 Å². The number of rotatable bonds is 5. The van der Waals surface area contributed by atoms with Gasteiger partial charge in [0.25, 0.3) is 0 Å². The van der Waals surface area contributed by atoms with Crippen molar-refractivity contribution in [3.8, 4) is 45.0 Å². The van der Waals surface area contributed by atoms with E-state index in [4.69, 9.17) is 15.0 Å². The molecular weight excluding hydrogens is 667 g/mol. The van der Waals surface area contributed by atoms with Crippen LogP contribution in [0.15, 0.2) is 200 Å². The third kappa shape index (κ3) is 4.73. The Balaban J connectivity index is 1.19. The van der Waals surface area contributed by atoms with E-state index < -0.39 is 5.41 Å². The van der Waals surface area contributed by atoms with Crippen molar-refractivity contribution < 1.29 is 0 Å². The zero-order valence-corrected chi connectivity index (χ0v) is 29.9. The zero-order valence-electron chi connectivity index (χ0n) is 29.9. The Bertz CT molecular complexity index is 3040. The predicted molar refractivity (Wildman–Crippen MR) is 226 cm³/mol. The fraction of sp³-hybridized carbons (Fsp3) is 0.0192. The molecule has 1 aliphatic rings. The van der Waals surface area contributed by atoms with E-state index >= 15 is 0 Å². The summed E-state index contributed by atoms with van der Waals surface area (Å²) in [4.78, 5) is 15.7. The highest BCUT2D eigenvalue weighted by Gasteiger charge is 2.46. The van der Waals surface area contributed by atoms with Crippen LogP contribution in [0.25, 0.3) is 77.6 Å². The lowest BCUT2D eigenvalue weighted by Gasteiger charge is -2.34. The lowest BCUT2D eigenvalue weighted by atomic mass is 9.67. The second-order valence-corrected chi connectivity index (χ2v) is 14.3. The van der Waals surface area contributed by atoms with E-state index in [1.54, 1.807) is 0 Å². The molecule has 0 radical (unpaired) electrons. The molecule has 10 aromatic rings. The van der Waals surface area contributed by atoms with Gasteiger partial charge in [0.05, 0.1) is 27.8 Å². The van der Waals surface area contributed by atoms with Crippen LogP contribution in [0.5, 0.6) is 0 Å². The molecule has 0 unspecified atom stereocenters. The van der Waals surface area contributed by atoms with Crippen molar-refractivity contribution in [1.82, 2.24) is 15.0 Å². The van der Waals surface area contributed by atoms with Gasteiger partial charge in [-0.2, -0.15) is 0 Å². The maximum absolute atomic E-state index is 5.42. The first-order valence-corrected chi connectivity index (χ1v) is 18.8. The van der Waals surface area contributed by atoms with Crippen LogP contribution in [0.1, 0.15) is 22.3 Å². The Morgan fingerprint density at radius 3 is 1.65 bits per heavy atom. The second-order valence-electron chi connectivity index (χ2n) is 14.3. The minimum absolute atomic E-state index is 0.489. The molecule has 0 atom stereocenters. The first-order valence-electron chi connectivity index (χ1n) is 18.8. The lowest BCUT2D eigenvalue weighted by Crippen LogP contribution is -2.28. The summed E-state index contributed by atoms with van der Waals surface area (Å²) in [5.41, 5.74) is 13.9. The monoisotopic (exact) mass is 699 g/mol. The van der Waals surface area contributed by atoms with Gasteiger partial charge in [0, 0.05) is 38.2 Å². The number of benzene rings is 8. The number of fused-ring (bicyclic) bond motifs is 8. The molecule has 256 valence electrons. The Morgan fingerprint density at radius 2 is 0.909 bits per heavy atom. The van der Waals surface area contributed by atoms with Gasteiger partial charge >= 0.3 is 0 Å². The Labute approximate surface area is 319 Å². The zero-order chi connectivity index (χ0) is 36.3. The molecule has 0 spiro atoms. The molecule has 3 nitrogen and oxygen atoms in total. The molecule has 0 saturated heterocycles. The third-order valence-corrected chi connectivity index (χ3v) is 11.3. The van der Waals surface area contributed by atoms with Crippen molar-refractivity contribution in [2.75, 3.05) is 0 Å². The van der Waals surface area contributed by atoms with Gasteiger partial charge in [-0.25, -0.2) is 15.0 Å². The van der Waals surface area contributed by atoms with Gasteiger partial charge in [0.1, 0.15) is 0 Å². The topological polar surface area (TPSA) is 38.7 Å². The van der Waals surface area contributed by atoms with Crippen molar-refractivity contribution in [3.05, 3.63) is 222 Å². The maximum Gasteiger partial charge on any atom is 0.160 e. The number of aromatic nitrogens is 3. The summed E-state index contributed by atoms with van der Waals surface area (Å²) in [5.74, 6) is 0.690. The molecule has 2 heterocycles. The van der Waals surface area contributed by atoms with Crippen molar-refractivity contribution in [2.24, 2.45) is 0 Å². The molecule has 0 fully saturated rings. The molecule has 0 saturated carbocycles. The Morgan fingerprint density at radius 1 is 0.345 bits per heavy atom. The molecule has 2 aromatic heterocycles. The number of nitrogens with zero attached hydrogens (tertiary/aromatic N) is 3. The first kappa shape index (κ1) is 31.3. The van der Waals surface area contributed by atoms with E-state index in [2.05, 4.69) is 182 Å². The quantitative estimate of drug-likeness (QED) is 0.168. The summed E-state index contributed by atoms with van der Waals surface area (Å²) < 4.78 is 0. The SMILES string of the molecule is c1ccc(-c2nc(-c3cccc(-c4nc5ccccc5c5c6c(ccc45)C(c4ccccc4)(c4ccccc4)c4ccccc4-6)c3)nc3ccccc23)cc1. The Hall–Kier alpha value is -7.23. The van der Waals surface area contributed by atoms with E-state index in [0.717, 1.165) is 55.3 Å². The predicted octanol–water partition coefficient (Wildman–Crippen LogP) is 12.7. The van der Waals surface area contributed by atoms with E-state index in [1.807, 2.05) is 18.2 Å². The third-order valence-electron chi connectivity index (χ3n) is 11.3. The highest BCUT2D eigenvalue weighted by Crippen LogP contribution is 2.58. The summed E-state index contributed by atoms with van der Waals surface area (Å²) in [5, 5.41) is 4.52. The summed E-state index contributed by atoms with van der Waals surface area (Å²) in [7, 11) is 0. The van der Waals surface area contributed by atoms with Crippen LogP contribution in [-0.2, 0) is 5.41 Å². The van der Waals surface area contributed by atoms with Crippen LogP contribution in [0.4, 0.5) is 0 Å². The number of pyridine rings is 1. The van der Waals surface area contributed by atoms with Gasteiger partial charge in [-0.3, -0.25) is 0 Å². The fourth-order valence-corrected chi connectivity index (χ4v) is 9.02. The van der Waals surface area contributed by atoms with Gasteiger partial charge in [-0.05, 0) is 51.6 Å². The normalized spacial score (nSPS) is 12.9. The van der Waals surface area contributed by atoms with E-state index in [0.29, 0.717) is 5.82 Å². The second kappa shape index (κ2) is 12.4. The molecular formula is C52H33N3. The molecule has 11 rings (SSSR count). The molecule has 0 aliphatic heterocycles. The lowest BCUT2D eigenvalue weighted by molar-refractivity contribution is 0.769. The summed E-state index contributed by atoms with van der Waals surface area (Å²) in [6.45, 7) is 0. The van der Waals surface area contributed by atoms with Gasteiger partial charge in [0.2, 0.25) is 0 Å². The first-order chi connectivity index (χ1) is 27.3. The van der Waals surface area contributed by atoms with E-state index in [1.165, 1.54) is 38.8 Å². The van der Waals surface area contributed by atoms with Crippen molar-refractivity contribution in [3.63, 3.8) is 0 Å². The molecule has 3 heteroatoms. The van der Waals surface area contributed by atoms with Crippen LogP contribution in [0.2, 0.25) is 0 Å². The minimum Gasteiger partial charge on any atom is -0.247 e. The van der Waals surface area contributed by atoms with E-state index in [9.17, 15) is 0 Å². The molecule has 0 N–H and O–H groups in total. The minimum atomic E-state index is -0.489. The Kier molecular flexibility index (Phi) is 7.08. The van der Waals surface area contributed by atoms with Crippen molar-refractivity contribution in [2.45, 2.75) is 5.41 Å². The van der Waals surface area contributed by atoms with Gasteiger partial charge < -0.3 is 0 Å². The van der Waals surface area contributed by atoms with Crippen LogP contribution in [-0.4, -0.2) is 15.0 Å². The molecule has 55 heavy (non-hydrogen) atoms. The average Bonchev–Trinajstić information content (AvgIpc) is 3.58. The highest BCUT2D eigenvalue weighted by molar-refractivity contribution is 6.19. The molecule has 0 bridgehead atoms. The average molecular weight is 700 g/mol. The molecule has 1 aliphatic carbocycles. The van der Waals surface area contributed by atoms with Crippen LogP contribution < -0.4 is 0 Å². The summed E-state index contributed by atoms with van der Waals surface area (Å²) in [6.07, 6.45) is 0. The molecule has 8 aromatic carbocycles. The highest BCUT2D eigenvalue weighted by atomic mass is 14.9. The molecule has 0 amide bonds. The van der Waals surface area contributed by atoms with Crippen molar-refractivity contribution in [1.29, 1.82) is 0 Å².